The second-order valence-electron chi connectivity index (χ2n) is 9.41. The van der Waals surface area contributed by atoms with Gasteiger partial charge in [-0.1, -0.05) is 24.3 Å². The number of hydrogen-bond acceptors (Lipinski definition) is 8. The minimum atomic E-state index is -1.08. The first-order valence-electron chi connectivity index (χ1n) is 11.8. The summed E-state index contributed by atoms with van der Waals surface area (Å²) in [4.78, 5) is 32.2. The number of carbonyl (C=O) groups excluding carboxylic acids is 1. The first-order valence-corrected chi connectivity index (χ1v) is 11.8. The number of nitrogens with zero attached hydrogens (tertiary/aromatic N) is 3. The Morgan fingerprint density at radius 2 is 1.90 bits per heavy atom. The summed E-state index contributed by atoms with van der Waals surface area (Å²) in [6, 6.07) is 13.0. The summed E-state index contributed by atoms with van der Waals surface area (Å²) >= 11 is 0. The molecular formula is C28H24F2N4O5. The number of benzene rings is 2. The molecule has 4 aromatic rings. The summed E-state index contributed by atoms with van der Waals surface area (Å²) in [6.07, 6.45) is 3.96. The first kappa shape index (κ1) is 27.1. The van der Waals surface area contributed by atoms with Gasteiger partial charge in [-0.3, -0.25) is 10.1 Å². The number of hydrogen-bond donors (Lipinski definition) is 1. The Hall–Kier alpha value is -4.93. The minimum absolute atomic E-state index is 0.0121. The standard InChI is InChI=1S/C28H24F2N4O5/c1-28(2,3)39-27(35)22(15-18-9-7-13-38-18)33-26-21(14-17-8-4-5-11-20(17)29)32-23(16-31-26)19-10-6-12-24(25(19)30)34(36)37/h4-13,15-16H,14H2,1-3H3,(H,31,33)/b22-15-. The Balaban J connectivity index is 1.81. The molecule has 0 aliphatic rings. The number of esters is 1. The van der Waals surface area contributed by atoms with Crippen molar-refractivity contribution in [2.45, 2.75) is 32.8 Å². The van der Waals surface area contributed by atoms with E-state index in [1.165, 1.54) is 42.8 Å². The van der Waals surface area contributed by atoms with Gasteiger partial charge in [0.05, 0.1) is 28.8 Å². The van der Waals surface area contributed by atoms with Crippen LogP contribution in [0.1, 0.15) is 37.8 Å². The molecule has 0 aliphatic heterocycles. The van der Waals surface area contributed by atoms with Gasteiger partial charge >= 0.3 is 11.7 Å². The Bertz CT molecular complexity index is 1550. The number of ether oxygens (including phenoxy) is 1. The molecule has 2 aromatic carbocycles. The van der Waals surface area contributed by atoms with Crippen LogP contribution in [0.25, 0.3) is 17.3 Å². The molecule has 0 saturated heterocycles. The summed E-state index contributed by atoms with van der Waals surface area (Å²) < 4.78 is 40.4. The maximum absolute atomic E-state index is 15.0. The summed E-state index contributed by atoms with van der Waals surface area (Å²) in [5.41, 5.74) is -1.33. The number of nitro benzene ring substituents is 1. The average Bonchev–Trinajstić information content (AvgIpc) is 3.38. The highest BCUT2D eigenvalue weighted by atomic mass is 19.1. The van der Waals surface area contributed by atoms with Crippen LogP contribution in [0.2, 0.25) is 0 Å². The van der Waals surface area contributed by atoms with Crippen LogP contribution in [0.4, 0.5) is 20.3 Å². The zero-order chi connectivity index (χ0) is 28.2. The van der Waals surface area contributed by atoms with Gasteiger partial charge in [0.1, 0.15) is 22.9 Å². The monoisotopic (exact) mass is 534 g/mol. The van der Waals surface area contributed by atoms with Crippen LogP contribution in [0.5, 0.6) is 0 Å². The van der Waals surface area contributed by atoms with Crippen molar-refractivity contribution in [2.75, 3.05) is 5.32 Å². The lowest BCUT2D eigenvalue weighted by Crippen LogP contribution is -2.27. The van der Waals surface area contributed by atoms with E-state index < -0.39 is 33.8 Å². The third-order valence-corrected chi connectivity index (χ3v) is 5.31. The third kappa shape index (κ3) is 6.69. The van der Waals surface area contributed by atoms with Crippen LogP contribution in [0, 0.1) is 21.7 Å². The molecular weight excluding hydrogens is 510 g/mol. The predicted octanol–water partition coefficient (Wildman–Crippen LogP) is 6.31. The molecule has 0 radical (unpaired) electrons. The second kappa shape index (κ2) is 11.2. The summed E-state index contributed by atoms with van der Waals surface area (Å²) in [7, 11) is 0. The van der Waals surface area contributed by atoms with Gasteiger partial charge in [0.2, 0.25) is 5.82 Å². The van der Waals surface area contributed by atoms with Crippen molar-refractivity contribution in [3.63, 3.8) is 0 Å². The number of halogens is 2. The molecule has 0 saturated carbocycles. The van der Waals surface area contributed by atoms with Gasteiger partial charge in [-0.2, -0.15) is 4.39 Å². The van der Waals surface area contributed by atoms with E-state index in [0.29, 0.717) is 5.76 Å². The molecule has 0 spiro atoms. The van der Waals surface area contributed by atoms with Gasteiger partial charge in [0.15, 0.2) is 5.82 Å². The van der Waals surface area contributed by atoms with E-state index in [-0.39, 0.29) is 40.5 Å². The lowest BCUT2D eigenvalue weighted by Gasteiger charge is -2.21. The highest BCUT2D eigenvalue weighted by Crippen LogP contribution is 2.30. The van der Waals surface area contributed by atoms with Crippen LogP contribution >= 0.6 is 0 Å². The molecule has 1 N–H and O–H groups in total. The molecule has 0 amide bonds. The largest absolute Gasteiger partial charge is 0.465 e. The molecule has 200 valence electrons. The lowest BCUT2D eigenvalue weighted by atomic mass is 10.1. The summed E-state index contributed by atoms with van der Waals surface area (Å²) in [5, 5.41) is 14.1. The number of rotatable bonds is 8. The van der Waals surface area contributed by atoms with E-state index in [1.54, 1.807) is 45.0 Å². The van der Waals surface area contributed by atoms with Gasteiger partial charge < -0.3 is 14.5 Å². The Kier molecular flexibility index (Phi) is 7.80. The normalized spacial score (nSPS) is 11.8. The number of carbonyl (C=O) groups is 1. The van der Waals surface area contributed by atoms with Crippen molar-refractivity contribution >= 4 is 23.6 Å². The van der Waals surface area contributed by atoms with E-state index in [2.05, 4.69) is 15.3 Å². The number of aromatic nitrogens is 2. The van der Waals surface area contributed by atoms with Gasteiger partial charge in [0, 0.05) is 24.1 Å². The van der Waals surface area contributed by atoms with Crippen molar-refractivity contribution in [1.82, 2.24) is 9.97 Å². The fraction of sp³-hybridized carbons (Fsp3) is 0.179. The molecule has 4 rings (SSSR count). The minimum Gasteiger partial charge on any atom is -0.465 e. The van der Waals surface area contributed by atoms with Crippen molar-refractivity contribution in [2.24, 2.45) is 0 Å². The maximum atomic E-state index is 15.0. The van der Waals surface area contributed by atoms with E-state index >= 15 is 0 Å². The molecule has 9 nitrogen and oxygen atoms in total. The summed E-state index contributed by atoms with van der Waals surface area (Å²) in [5.74, 6) is -1.89. The molecule has 11 heteroatoms. The molecule has 0 fully saturated rings. The van der Waals surface area contributed by atoms with Gasteiger partial charge in [-0.25, -0.2) is 19.2 Å². The number of furan rings is 1. The van der Waals surface area contributed by atoms with Gasteiger partial charge in [-0.15, -0.1) is 0 Å². The molecule has 2 heterocycles. The molecule has 0 bridgehead atoms. The Morgan fingerprint density at radius 1 is 1.13 bits per heavy atom. The first-order chi connectivity index (χ1) is 18.5. The quantitative estimate of drug-likeness (QED) is 0.121. The molecule has 39 heavy (non-hydrogen) atoms. The van der Waals surface area contributed by atoms with Crippen LogP contribution in [0.15, 0.2) is 77.2 Å². The van der Waals surface area contributed by atoms with Crippen LogP contribution < -0.4 is 5.32 Å². The topological polar surface area (TPSA) is 120 Å². The average molecular weight is 535 g/mol. The van der Waals surface area contributed by atoms with Crippen molar-refractivity contribution in [3.8, 4) is 11.3 Å². The Morgan fingerprint density at radius 3 is 2.56 bits per heavy atom. The number of nitrogens with one attached hydrogen (secondary N) is 1. The lowest BCUT2D eigenvalue weighted by molar-refractivity contribution is -0.387. The van der Waals surface area contributed by atoms with Crippen LogP contribution in [0.3, 0.4) is 0 Å². The molecule has 0 aliphatic carbocycles. The second-order valence-corrected chi connectivity index (χ2v) is 9.41. The zero-order valence-corrected chi connectivity index (χ0v) is 21.3. The SMILES string of the molecule is CC(C)(C)OC(=O)/C(=C/c1ccco1)Nc1ncc(-c2cccc([N+](=O)[O-])c2F)nc1Cc1ccccc1F. The van der Waals surface area contributed by atoms with Gasteiger partial charge in [-0.05, 0) is 50.6 Å². The highest BCUT2D eigenvalue weighted by Gasteiger charge is 2.24. The van der Waals surface area contributed by atoms with Crippen molar-refractivity contribution in [1.29, 1.82) is 0 Å². The van der Waals surface area contributed by atoms with E-state index in [9.17, 15) is 23.7 Å². The predicted molar refractivity (Wildman–Crippen MR) is 139 cm³/mol. The van der Waals surface area contributed by atoms with Crippen LogP contribution in [-0.2, 0) is 16.0 Å². The zero-order valence-electron chi connectivity index (χ0n) is 21.3. The third-order valence-electron chi connectivity index (χ3n) is 5.31. The summed E-state index contributed by atoms with van der Waals surface area (Å²) in [6.45, 7) is 5.13. The Labute approximate surface area is 222 Å². The fourth-order valence-electron chi connectivity index (χ4n) is 3.59. The van der Waals surface area contributed by atoms with Crippen LogP contribution in [-0.4, -0.2) is 26.5 Å². The smallest absolute Gasteiger partial charge is 0.355 e. The molecule has 0 atom stereocenters. The highest BCUT2D eigenvalue weighted by molar-refractivity contribution is 5.96. The fourth-order valence-corrected chi connectivity index (χ4v) is 3.59. The maximum Gasteiger partial charge on any atom is 0.355 e. The van der Waals surface area contributed by atoms with Crippen molar-refractivity contribution in [3.05, 3.63) is 112 Å². The van der Waals surface area contributed by atoms with Crippen molar-refractivity contribution < 1.29 is 27.7 Å². The number of nitro groups is 1. The molecule has 0 unspecified atom stereocenters. The van der Waals surface area contributed by atoms with Gasteiger partial charge in [0.25, 0.3) is 0 Å². The van der Waals surface area contributed by atoms with E-state index in [0.717, 1.165) is 6.07 Å². The number of anilines is 1. The molecule has 2 aromatic heterocycles. The van der Waals surface area contributed by atoms with E-state index in [1.807, 2.05) is 0 Å². The van der Waals surface area contributed by atoms with E-state index in [4.69, 9.17) is 9.15 Å².